The number of rotatable bonds is 4. The molecule has 0 spiro atoms. The van der Waals surface area contributed by atoms with Gasteiger partial charge in [0.2, 0.25) is 0 Å². The van der Waals surface area contributed by atoms with Crippen molar-refractivity contribution >= 4 is 11.6 Å². The molecule has 1 fully saturated rings. The second-order valence-corrected chi connectivity index (χ2v) is 5.33. The van der Waals surface area contributed by atoms with E-state index in [4.69, 9.17) is 22.1 Å². The summed E-state index contributed by atoms with van der Waals surface area (Å²) in [7, 11) is 1.63. The lowest BCUT2D eigenvalue weighted by atomic mass is 10.1. The topological polar surface area (TPSA) is 38.5 Å². The number of methoxy groups -OCH3 is 1. The smallest absolute Gasteiger partial charge is 0.137 e. The molecule has 100 valence electrons. The highest BCUT2D eigenvalue weighted by atomic mass is 35.5. The third kappa shape index (κ3) is 3.61. The first kappa shape index (κ1) is 13.7. The molecule has 3 nitrogen and oxygen atoms in total. The molecule has 0 bridgehead atoms. The van der Waals surface area contributed by atoms with E-state index >= 15 is 0 Å². The zero-order valence-electron chi connectivity index (χ0n) is 10.9. The summed E-state index contributed by atoms with van der Waals surface area (Å²) in [6.45, 7) is 3.23. The fourth-order valence-electron chi connectivity index (χ4n) is 2.45. The summed E-state index contributed by atoms with van der Waals surface area (Å²) in [6, 6.07) is 6.34. The number of hydrogen-bond acceptors (Lipinski definition) is 3. The third-order valence-corrected chi connectivity index (χ3v) is 3.77. The van der Waals surface area contributed by atoms with Gasteiger partial charge in [0.1, 0.15) is 5.75 Å². The summed E-state index contributed by atoms with van der Waals surface area (Å²) in [4.78, 5) is 2.44. The van der Waals surface area contributed by atoms with E-state index in [0.29, 0.717) is 11.1 Å². The Labute approximate surface area is 114 Å². The molecule has 1 aliphatic heterocycles. The Bertz CT molecular complexity index is 397. The van der Waals surface area contributed by atoms with Crippen molar-refractivity contribution in [2.45, 2.75) is 25.3 Å². The summed E-state index contributed by atoms with van der Waals surface area (Å²) in [5.74, 6) is 0.736. The van der Waals surface area contributed by atoms with Crippen LogP contribution in [0.5, 0.6) is 5.75 Å². The van der Waals surface area contributed by atoms with E-state index in [2.05, 4.69) is 11.0 Å². The third-order valence-electron chi connectivity index (χ3n) is 3.47. The van der Waals surface area contributed by atoms with Crippen LogP contribution in [0.1, 0.15) is 18.4 Å². The first-order chi connectivity index (χ1) is 8.69. The summed E-state index contributed by atoms with van der Waals surface area (Å²) < 4.78 is 5.15. The lowest BCUT2D eigenvalue weighted by Crippen LogP contribution is -2.43. The van der Waals surface area contributed by atoms with Gasteiger partial charge in [-0.3, -0.25) is 0 Å². The van der Waals surface area contributed by atoms with Gasteiger partial charge in [-0.2, -0.15) is 0 Å². The monoisotopic (exact) mass is 268 g/mol. The van der Waals surface area contributed by atoms with E-state index in [-0.39, 0.29) is 0 Å². The van der Waals surface area contributed by atoms with Gasteiger partial charge in [0, 0.05) is 19.1 Å². The SMILES string of the molecule is COc1ccc(CCN2CCCC(N)C2)cc1Cl. The maximum atomic E-state index is 6.12. The zero-order chi connectivity index (χ0) is 13.0. The number of nitrogens with two attached hydrogens (primary N) is 1. The molecular formula is C14H21ClN2O. The van der Waals surface area contributed by atoms with Gasteiger partial charge < -0.3 is 15.4 Å². The van der Waals surface area contributed by atoms with Crippen LogP contribution in [-0.4, -0.2) is 37.7 Å². The van der Waals surface area contributed by atoms with E-state index < -0.39 is 0 Å². The largest absolute Gasteiger partial charge is 0.495 e. The van der Waals surface area contributed by atoms with Crippen LogP contribution in [0.15, 0.2) is 18.2 Å². The van der Waals surface area contributed by atoms with E-state index in [0.717, 1.165) is 38.2 Å². The average molecular weight is 269 g/mol. The average Bonchev–Trinajstić information content (AvgIpc) is 2.37. The van der Waals surface area contributed by atoms with Gasteiger partial charge in [-0.15, -0.1) is 0 Å². The highest BCUT2D eigenvalue weighted by Gasteiger charge is 2.16. The van der Waals surface area contributed by atoms with Crippen LogP contribution in [0, 0.1) is 0 Å². The number of halogens is 1. The fourth-order valence-corrected chi connectivity index (χ4v) is 2.73. The predicted molar refractivity (Wildman–Crippen MR) is 75.4 cm³/mol. The van der Waals surface area contributed by atoms with Crippen molar-refractivity contribution in [1.82, 2.24) is 4.90 Å². The van der Waals surface area contributed by atoms with E-state index in [1.165, 1.54) is 12.0 Å². The van der Waals surface area contributed by atoms with Crippen LogP contribution in [0.2, 0.25) is 5.02 Å². The van der Waals surface area contributed by atoms with Crippen molar-refractivity contribution in [3.05, 3.63) is 28.8 Å². The molecule has 0 saturated carbocycles. The predicted octanol–water partition coefficient (Wildman–Crippen LogP) is 2.31. The second-order valence-electron chi connectivity index (χ2n) is 4.92. The van der Waals surface area contributed by atoms with E-state index in [1.54, 1.807) is 7.11 Å². The second kappa shape index (κ2) is 6.41. The van der Waals surface area contributed by atoms with Gasteiger partial charge in [-0.05, 0) is 43.5 Å². The molecule has 1 aromatic carbocycles. The van der Waals surface area contributed by atoms with Gasteiger partial charge in [0.25, 0.3) is 0 Å². The maximum absolute atomic E-state index is 6.12. The van der Waals surface area contributed by atoms with E-state index in [1.807, 2.05) is 12.1 Å². The first-order valence-electron chi connectivity index (χ1n) is 6.49. The Morgan fingerprint density at radius 3 is 3.00 bits per heavy atom. The van der Waals surface area contributed by atoms with Gasteiger partial charge in [-0.1, -0.05) is 17.7 Å². The van der Waals surface area contributed by atoms with Crippen molar-refractivity contribution in [1.29, 1.82) is 0 Å². The van der Waals surface area contributed by atoms with Crippen molar-refractivity contribution in [2.75, 3.05) is 26.7 Å². The Morgan fingerprint density at radius 1 is 1.50 bits per heavy atom. The molecule has 0 aliphatic carbocycles. The minimum atomic E-state index is 0.346. The molecular weight excluding hydrogens is 248 g/mol. The Hall–Kier alpha value is -0.770. The van der Waals surface area contributed by atoms with Crippen molar-refractivity contribution in [2.24, 2.45) is 5.73 Å². The number of benzene rings is 1. The van der Waals surface area contributed by atoms with Crippen LogP contribution in [0.4, 0.5) is 0 Å². The minimum absolute atomic E-state index is 0.346. The van der Waals surface area contributed by atoms with Crippen molar-refractivity contribution < 1.29 is 4.74 Å². The quantitative estimate of drug-likeness (QED) is 0.911. The van der Waals surface area contributed by atoms with Gasteiger partial charge in [0.05, 0.1) is 12.1 Å². The summed E-state index contributed by atoms with van der Waals surface area (Å²) >= 11 is 6.12. The number of hydrogen-bond donors (Lipinski definition) is 1. The summed E-state index contributed by atoms with van der Waals surface area (Å²) in [5, 5.41) is 0.686. The highest BCUT2D eigenvalue weighted by molar-refractivity contribution is 6.32. The van der Waals surface area contributed by atoms with Crippen LogP contribution in [0.3, 0.4) is 0 Å². The molecule has 4 heteroatoms. The zero-order valence-corrected chi connectivity index (χ0v) is 11.6. The molecule has 0 aromatic heterocycles. The minimum Gasteiger partial charge on any atom is -0.495 e. The van der Waals surface area contributed by atoms with Crippen molar-refractivity contribution in [3.8, 4) is 5.75 Å². The highest BCUT2D eigenvalue weighted by Crippen LogP contribution is 2.25. The van der Waals surface area contributed by atoms with Gasteiger partial charge in [-0.25, -0.2) is 0 Å². The number of nitrogens with zero attached hydrogens (tertiary/aromatic N) is 1. The first-order valence-corrected chi connectivity index (χ1v) is 6.87. The molecule has 2 N–H and O–H groups in total. The molecule has 1 aromatic rings. The molecule has 1 unspecified atom stereocenters. The van der Waals surface area contributed by atoms with Crippen LogP contribution in [0.25, 0.3) is 0 Å². The number of piperidine rings is 1. The molecule has 0 radical (unpaired) electrons. The summed E-state index contributed by atoms with van der Waals surface area (Å²) in [6.07, 6.45) is 3.38. The molecule has 1 aliphatic rings. The van der Waals surface area contributed by atoms with E-state index in [9.17, 15) is 0 Å². The number of ether oxygens (including phenoxy) is 1. The molecule has 1 saturated heterocycles. The molecule has 18 heavy (non-hydrogen) atoms. The Balaban J connectivity index is 1.88. The Morgan fingerprint density at radius 2 is 2.33 bits per heavy atom. The maximum Gasteiger partial charge on any atom is 0.137 e. The van der Waals surface area contributed by atoms with Crippen LogP contribution < -0.4 is 10.5 Å². The number of likely N-dealkylation sites (tertiary alicyclic amines) is 1. The molecule has 0 amide bonds. The lowest BCUT2D eigenvalue weighted by molar-refractivity contribution is 0.211. The van der Waals surface area contributed by atoms with Crippen LogP contribution in [-0.2, 0) is 6.42 Å². The molecule has 2 rings (SSSR count). The normalized spacial score (nSPS) is 20.9. The Kier molecular flexibility index (Phi) is 4.87. The summed E-state index contributed by atoms with van der Waals surface area (Å²) in [5.41, 5.74) is 7.23. The lowest BCUT2D eigenvalue weighted by Gasteiger charge is -2.30. The van der Waals surface area contributed by atoms with Gasteiger partial charge >= 0.3 is 0 Å². The standard InChI is InChI=1S/C14H21ClN2O/c1-18-14-5-4-11(9-13(14)15)6-8-17-7-2-3-12(16)10-17/h4-5,9,12H,2-3,6-8,10,16H2,1H3. The molecule has 1 atom stereocenters. The van der Waals surface area contributed by atoms with Gasteiger partial charge in [0.15, 0.2) is 0 Å². The fraction of sp³-hybridized carbons (Fsp3) is 0.571. The van der Waals surface area contributed by atoms with Crippen molar-refractivity contribution in [3.63, 3.8) is 0 Å². The molecule has 1 heterocycles. The van der Waals surface area contributed by atoms with Crippen LogP contribution >= 0.6 is 11.6 Å².